The summed E-state index contributed by atoms with van der Waals surface area (Å²) in [6.07, 6.45) is 57.5. The van der Waals surface area contributed by atoms with Crippen LogP contribution in [-0.4, -0.2) is 47.4 Å². The van der Waals surface area contributed by atoms with Crippen molar-refractivity contribution in [3.63, 3.8) is 0 Å². The van der Waals surface area contributed by atoms with Gasteiger partial charge in [-0.1, -0.05) is 231 Å². The van der Waals surface area contributed by atoms with Crippen molar-refractivity contribution in [2.75, 3.05) is 13.2 Å². The lowest BCUT2D eigenvalue weighted by atomic mass is 10.0. The van der Waals surface area contributed by atoms with E-state index in [1.807, 2.05) is 6.08 Å². The Morgan fingerprint density at radius 1 is 0.458 bits per heavy atom. The van der Waals surface area contributed by atoms with Crippen molar-refractivity contribution in [3.8, 4) is 0 Å². The molecule has 2 unspecified atom stereocenters. The molecule has 0 heterocycles. The fourth-order valence-corrected chi connectivity index (χ4v) is 7.92. The number of carbonyl (C=O) groups is 2. The average molecular weight is 832 g/mol. The quantitative estimate of drug-likeness (QED) is 0.0322. The Morgan fingerprint density at radius 3 is 1.20 bits per heavy atom. The molecule has 0 aliphatic heterocycles. The van der Waals surface area contributed by atoms with Gasteiger partial charge in [-0.2, -0.15) is 0 Å². The lowest BCUT2D eigenvalue weighted by Crippen LogP contribution is -2.45. The Morgan fingerprint density at radius 2 is 0.797 bits per heavy atom. The van der Waals surface area contributed by atoms with Crippen molar-refractivity contribution in [3.05, 3.63) is 24.3 Å². The van der Waals surface area contributed by atoms with E-state index in [9.17, 15) is 19.8 Å². The molecule has 0 rings (SSSR count). The maximum absolute atomic E-state index is 12.4. The zero-order valence-corrected chi connectivity index (χ0v) is 39.5. The highest BCUT2D eigenvalue weighted by atomic mass is 16.5. The molecule has 0 radical (unpaired) electrons. The maximum Gasteiger partial charge on any atom is 0.305 e. The number of allylic oxidation sites excluding steroid dienone is 3. The number of esters is 1. The van der Waals surface area contributed by atoms with Gasteiger partial charge in [0.05, 0.1) is 25.4 Å². The van der Waals surface area contributed by atoms with Crippen LogP contribution in [0.3, 0.4) is 0 Å². The lowest BCUT2D eigenvalue weighted by Gasteiger charge is -2.20. The molecule has 0 saturated heterocycles. The molecule has 0 aromatic heterocycles. The molecule has 0 aromatic carbocycles. The first-order valence-corrected chi connectivity index (χ1v) is 26.1. The highest BCUT2D eigenvalue weighted by molar-refractivity contribution is 5.76. The Hall–Kier alpha value is -1.66. The van der Waals surface area contributed by atoms with Gasteiger partial charge in [-0.25, -0.2) is 0 Å². The van der Waals surface area contributed by atoms with Crippen LogP contribution in [0.2, 0.25) is 0 Å². The number of amides is 1. The first kappa shape index (κ1) is 57.3. The van der Waals surface area contributed by atoms with Crippen molar-refractivity contribution < 1.29 is 24.5 Å². The summed E-state index contributed by atoms with van der Waals surface area (Å²) in [5.74, 6) is -0.130. The van der Waals surface area contributed by atoms with Crippen LogP contribution in [-0.2, 0) is 14.3 Å². The van der Waals surface area contributed by atoms with E-state index in [2.05, 4.69) is 31.3 Å². The molecule has 0 bridgehead atoms. The summed E-state index contributed by atoms with van der Waals surface area (Å²) in [5.41, 5.74) is 0. The van der Waals surface area contributed by atoms with Crippen molar-refractivity contribution in [1.82, 2.24) is 5.32 Å². The number of nitrogens with one attached hydrogen (secondary N) is 1. The number of ether oxygens (including phenoxy) is 1. The topological polar surface area (TPSA) is 95.9 Å². The van der Waals surface area contributed by atoms with Crippen LogP contribution in [0.1, 0.15) is 277 Å². The van der Waals surface area contributed by atoms with Gasteiger partial charge in [0.25, 0.3) is 0 Å². The number of hydrogen-bond donors (Lipinski definition) is 3. The summed E-state index contributed by atoms with van der Waals surface area (Å²) in [7, 11) is 0. The molecule has 0 aliphatic carbocycles. The second kappa shape index (κ2) is 49.0. The molecule has 6 nitrogen and oxygen atoms in total. The molecule has 348 valence electrons. The highest BCUT2D eigenvalue weighted by Crippen LogP contribution is 2.16. The molecule has 0 fully saturated rings. The van der Waals surface area contributed by atoms with E-state index in [1.54, 1.807) is 6.08 Å². The predicted molar refractivity (Wildman–Crippen MR) is 255 cm³/mol. The zero-order chi connectivity index (χ0) is 43.0. The molecule has 0 spiro atoms. The summed E-state index contributed by atoms with van der Waals surface area (Å²) in [6, 6.07) is -0.648. The van der Waals surface area contributed by atoms with Gasteiger partial charge in [-0.05, 0) is 57.8 Å². The third kappa shape index (κ3) is 45.7. The number of carbonyl (C=O) groups excluding carboxylic acids is 2. The summed E-state index contributed by atoms with van der Waals surface area (Å²) < 4.78 is 5.44. The predicted octanol–water partition coefficient (Wildman–Crippen LogP) is 15.5. The zero-order valence-electron chi connectivity index (χ0n) is 39.5. The van der Waals surface area contributed by atoms with Gasteiger partial charge < -0.3 is 20.3 Å². The monoisotopic (exact) mass is 832 g/mol. The van der Waals surface area contributed by atoms with Gasteiger partial charge >= 0.3 is 5.97 Å². The lowest BCUT2D eigenvalue weighted by molar-refractivity contribution is -0.143. The molecule has 1 amide bonds. The minimum absolute atomic E-state index is 0.0357. The summed E-state index contributed by atoms with van der Waals surface area (Å²) in [5, 5.41) is 23.1. The number of aliphatic hydroxyl groups excluding tert-OH is 2. The SMILES string of the molecule is CCCCCCC/C=C\CCCCCCCC(=O)OCCCCCCCCCCCC(=O)NC(CO)C(O)/C=C/CCCCCCCCCCCCCCCCCCC. The normalized spacial score (nSPS) is 12.8. The summed E-state index contributed by atoms with van der Waals surface area (Å²) in [6.45, 7) is 4.83. The van der Waals surface area contributed by atoms with Gasteiger partial charge in [0.1, 0.15) is 0 Å². The maximum atomic E-state index is 12.4. The minimum Gasteiger partial charge on any atom is -0.466 e. The van der Waals surface area contributed by atoms with Gasteiger partial charge in [0.2, 0.25) is 5.91 Å². The molecule has 3 N–H and O–H groups in total. The van der Waals surface area contributed by atoms with Gasteiger partial charge in [-0.3, -0.25) is 9.59 Å². The fourth-order valence-electron chi connectivity index (χ4n) is 7.92. The minimum atomic E-state index is -0.862. The molecule has 2 atom stereocenters. The molecule has 59 heavy (non-hydrogen) atoms. The van der Waals surface area contributed by atoms with Gasteiger partial charge in [-0.15, -0.1) is 0 Å². The average Bonchev–Trinajstić information content (AvgIpc) is 3.24. The van der Waals surface area contributed by atoms with E-state index in [0.717, 1.165) is 57.8 Å². The largest absolute Gasteiger partial charge is 0.466 e. The van der Waals surface area contributed by atoms with Crippen LogP contribution in [0.5, 0.6) is 0 Å². The van der Waals surface area contributed by atoms with Crippen molar-refractivity contribution in [2.45, 2.75) is 289 Å². The molecular formula is C53H101NO5. The first-order chi connectivity index (χ1) is 29.0. The van der Waals surface area contributed by atoms with Crippen molar-refractivity contribution >= 4 is 11.9 Å². The van der Waals surface area contributed by atoms with E-state index in [-0.39, 0.29) is 18.5 Å². The Balaban J connectivity index is 3.54. The first-order valence-electron chi connectivity index (χ1n) is 26.1. The fraction of sp³-hybridized carbons (Fsp3) is 0.887. The second-order valence-corrected chi connectivity index (χ2v) is 17.9. The molecular weight excluding hydrogens is 731 g/mol. The van der Waals surface area contributed by atoms with Crippen LogP contribution in [0.15, 0.2) is 24.3 Å². The van der Waals surface area contributed by atoms with E-state index < -0.39 is 12.1 Å². The molecule has 6 heteroatoms. The van der Waals surface area contributed by atoms with Crippen LogP contribution in [0.25, 0.3) is 0 Å². The summed E-state index contributed by atoms with van der Waals surface area (Å²) >= 11 is 0. The van der Waals surface area contributed by atoms with Crippen molar-refractivity contribution in [1.29, 1.82) is 0 Å². The number of unbranched alkanes of at least 4 members (excludes halogenated alkanes) is 35. The second-order valence-electron chi connectivity index (χ2n) is 17.9. The van der Waals surface area contributed by atoms with E-state index in [4.69, 9.17) is 4.74 Å². The molecule has 0 aromatic rings. The third-order valence-corrected chi connectivity index (χ3v) is 12.0. The van der Waals surface area contributed by atoms with Crippen LogP contribution < -0.4 is 5.32 Å². The highest BCUT2D eigenvalue weighted by Gasteiger charge is 2.18. The van der Waals surface area contributed by atoms with Crippen LogP contribution >= 0.6 is 0 Å². The standard InChI is InChI=1S/C53H101NO5/c1-3-5-7-9-11-13-15-17-19-20-21-22-23-24-26-29-33-37-41-45-51(56)50(49-55)54-52(57)46-42-38-34-30-28-32-36-40-44-48-59-53(58)47-43-39-35-31-27-25-18-16-14-12-10-8-6-4-2/h16,18,41,45,50-51,55-56H,3-15,17,19-40,42-44,46-49H2,1-2H3,(H,54,57)/b18-16-,45-41+. The third-order valence-electron chi connectivity index (χ3n) is 12.0. The van der Waals surface area contributed by atoms with Crippen LogP contribution in [0.4, 0.5) is 0 Å². The summed E-state index contributed by atoms with van der Waals surface area (Å²) in [4.78, 5) is 24.5. The van der Waals surface area contributed by atoms with E-state index in [1.165, 1.54) is 193 Å². The number of hydrogen-bond acceptors (Lipinski definition) is 5. The van der Waals surface area contributed by atoms with E-state index in [0.29, 0.717) is 19.4 Å². The van der Waals surface area contributed by atoms with E-state index >= 15 is 0 Å². The molecule has 0 saturated carbocycles. The van der Waals surface area contributed by atoms with Crippen LogP contribution in [0, 0.1) is 0 Å². The van der Waals surface area contributed by atoms with Gasteiger partial charge in [0.15, 0.2) is 0 Å². The van der Waals surface area contributed by atoms with Crippen molar-refractivity contribution in [2.24, 2.45) is 0 Å². The Bertz CT molecular complexity index is 920. The number of aliphatic hydroxyl groups is 2. The smallest absolute Gasteiger partial charge is 0.305 e. The molecule has 0 aliphatic rings. The Labute approximate surface area is 367 Å². The number of rotatable bonds is 48. The van der Waals surface area contributed by atoms with Gasteiger partial charge in [0, 0.05) is 12.8 Å². The Kier molecular flexibility index (Phi) is 47.6.